The third-order valence-electron chi connectivity index (χ3n) is 2.75. The van der Waals surface area contributed by atoms with E-state index >= 15 is 0 Å². The van der Waals surface area contributed by atoms with Gasteiger partial charge in [-0.25, -0.2) is 9.97 Å². The molecule has 3 rings (SSSR count). The highest BCUT2D eigenvalue weighted by atomic mass is 14.8. The monoisotopic (exact) mass is 231 g/mol. The van der Waals surface area contributed by atoms with Gasteiger partial charge in [0, 0.05) is 17.1 Å². The third kappa shape index (κ3) is 1.80. The van der Waals surface area contributed by atoms with Crippen LogP contribution in [0.2, 0.25) is 0 Å². The van der Waals surface area contributed by atoms with Gasteiger partial charge in [-0.1, -0.05) is 12.1 Å². The molecule has 0 amide bonds. The van der Waals surface area contributed by atoms with Crippen molar-refractivity contribution in [3.05, 3.63) is 60.3 Å². The number of benzene rings is 1. The van der Waals surface area contributed by atoms with Crippen LogP contribution < -0.4 is 0 Å². The maximum atomic E-state index is 8.90. The van der Waals surface area contributed by atoms with Gasteiger partial charge in [-0.05, 0) is 36.4 Å². The van der Waals surface area contributed by atoms with E-state index in [0.29, 0.717) is 5.56 Å². The van der Waals surface area contributed by atoms with Gasteiger partial charge in [0.15, 0.2) is 5.65 Å². The lowest BCUT2D eigenvalue weighted by molar-refractivity contribution is 1.29. The van der Waals surface area contributed by atoms with Gasteiger partial charge in [-0.3, -0.25) is 0 Å². The minimum Gasteiger partial charge on any atom is -0.237 e. The van der Waals surface area contributed by atoms with Crippen LogP contribution in [0.25, 0.3) is 22.3 Å². The van der Waals surface area contributed by atoms with Crippen LogP contribution in [0.5, 0.6) is 0 Å². The molecule has 0 radical (unpaired) electrons. The predicted octanol–water partition coefficient (Wildman–Crippen LogP) is 3.17. The number of rotatable bonds is 1. The Hall–Kier alpha value is -2.73. The second kappa shape index (κ2) is 4.27. The zero-order valence-corrected chi connectivity index (χ0v) is 9.54. The molecule has 0 atom stereocenters. The summed E-state index contributed by atoms with van der Waals surface area (Å²) in [6, 6.07) is 17.3. The van der Waals surface area contributed by atoms with Crippen LogP contribution >= 0.6 is 0 Å². The average Bonchev–Trinajstić information content (AvgIpc) is 2.47. The first kappa shape index (κ1) is 10.4. The van der Waals surface area contributed by atoms with Crippen molar-refractivity contribution in [1.82, 2.24) is 9.97 Å². The molecule has 0 unspecified atom stereocenters. The topological polar surface area (TPSA) is 49.6 Å². The molecular formula is C15H9N3. The summed E-state index contributed by atoms with van der Waals surface area (Å²) in [5.74, 6) is 0. The Morgan fingerprint density at radius 3 is 2.83 bits per heavy atom. The normalized spacial score (nSPS) is 10.2. The summed E-state index contributed by atoms with van der Waals surface area (Å²) in [7, 11) is 0. The van der Waals surface area contributed by atoms with Gasteiger partial charge in [0.05, 0.1) is 17.3 Å². The van der Waals surface area contributed by atoms with E-state index in [1.165, 1.54) is 0 Å². The molecule has 1 aromatic carbocycles. The van der Waals surface area contributed by atoms with Crippen molar-refractivity contribution in [2.24, 2.45) is 0 Å². The lowest BCUT2D eigenvalue weighted by Gasteiger charge is -2.02. The van der Waals surface area contributed by atoms with Crippen LogP contribution in [0, 0.1) is 11.3 Å². The van der Waals surface area contributed by atoms with Gasteiger partial charge < -0.3 is 0 Å². The fraction of sp³-hybridized carbons (Fsp3) is 0. The Bertz CT molecular complexity index is 757. The van der Waals surface area contributed by atoms with E-state index in [9.17, 15) is 0 Å². The number of hydrogen-bond donors (Lipinski definition) is 0. The van der Waals surface area contributed by atoms with Crippen molar-refractivity contribution in [3.63, 3.8) is 0 Å². The standard InChI is InChI=1S/C15H9N3/c16-10-11-3-1-4-13(9-11)14-7-6-12-5-2-8-17-15(12)18-14/h1-9H. The predicted molar refractivity (Wildman–Crippen MR) is 69.7 cm³/mol. The second-order valence-corrected chi connectivity index (χ2v) is 3.94. The van der Waals surface area contributed by atoms with Crippen molar-refractivity contribution in [2.75, 3.05) is 0 Å². The van der Waals surface area contributed by atoms with Crippen molar-refractivity contribution < 1.29 is 0 Å². The number of aromatic nitrogens is 2. The summed E-state index contributed by atoms with van der Waals surface area (Å²) in [5, 5.41) is 9.91. The van der Waals surface area contributed by atoms with E-state index < -0.39 is 0 Å². The lowest BCUT2D eigenvalue weighted by Crippen LogP contribution is -1.88. The Balaban J connectivity index is 2.16. The summed E-state index contributed by atoms with van der Waals surface area (Å²) in [6.45, 7) is 0. The smallest absolute Gasteiger partial charge is 0.159 e. The fourth-order valence-electron chi connectivity index (χ4n) is 1.86. The van der Waals surface area contributed by atoms with E-state index in [1.807, 2.05) is 42.5 Å². The molecule has 2 aromatic heterocycles. The summed E-state index contributed by atoms with van der Waals surface area (Å²) < 4.78 is 0. The molecular weight excluding hydrogens is 222 g/mol. The molecule has 3 nitrogen and oxygen atoms in total. The highest BCUT2D eigenvalue weighted by Crippen LogP contribution is 2.20. The van der Waals surface area contributed by atoms with Gasteiger partial charge in [0.25, 0.3) is 0 Å². The maximum absolute atomic E-state index is 8.90. The van der Waals surface area contributed by atoms with Crippen LogP contribution in [0.3, 0.4) is 0 Å². The summed E-state index contributed by atoms with van der Waals surface area (Å²) in [5.41, 5.74) is 3.12. The number of nitrogens with zero attached hydrogens (tertiary/aromatic N) is 3. The minimum absolute atomic E-state index is 0.635. The van der Waals surface area contributed by atoms with Crippen LogP contribution in [0.15, 0.2) is 54.7 Å². The van der Waals surface area contributed by atoms with E-state index in [2.05, 4.69) is 16.0 Å². The highest BCUT2D eigenvalue weighted by molar-refractivity contribution is 5.78. The average molecular weight is 231 g/mol. The molecule has 0 saturated heterocycles. The zero-order chi connectivity index (χ0) is 12.4. The Morgan fingerprint density at radius 2 is 1.94 bits per heavy atom. The van der Waals surface area contributed by atoms with Crippen LogP contribution in [-0.2, 0) is 0 Å². The maximum Gasteiger partial charge on any atom is 0.159 e. The van der Waals surface area contributed by atoms with E-state index in [1.54, 1.807) is 12.3 Å². The van der Waals surface area contributed by atoms with Crippen molar-refractivity contribution in [2.45, 2.75) is 0 Å². The minimum atomic E-state index is 0.635. The molecule has 0 bridgehead atoms. The van der Waals surface area contributed by atoms with Crippen molar-refractivity contribution in [3.8, 4) is 17.3 Å². The van der Waals surface area contributed by atoms with Gasteiger partial charge in [-0.15, -0.1) is 0 Å². The molecule has 3 heteroatoms. The van der Waals surface area contributed by atoms with E-state index in [4.69, 9.17) is 5.26 Å². The first-order valence-corrected chi connectivity index (χ1v) is 5.59. The first-order chi connectivity index (χ1) is 8.86. The lowest BCUT2D eigenvalue weighted by atomic mass is 10.1. The molecule has 0 spiro atoms. The van der Waals surface area contributed by atoms with Gasteiger partial charge in [0.1, 0.15) is 0 Å². The molecule has 0 aliphatic carbocycles. The Labute approximate surface area is 104 Å². The van der Waals surface area contributed by atoms with E-state index in [0.717, 1.165) is 22.3 Å². The van der Waals surface area contributed by atoms with Crippen LogP contribution in [-0.4, -0.2) is 9.97 Å². The molecule has 0 N–H and O–H groups in total. The van der Waals surface area contributed by atoms with Gasteiger partial charge in [0.2, 0.25) is 0 Å². The quantitative estimate of drug-likeness (QED) is 0.646. The molecule has 0 fully saturated rings. The molecule has 18 heavy (non-hydrogen) atoms. The molecule has 3 aromatic rings. The van der Waals surface area contributed by atoms with Crippen LogP contribution in [0.4, 0.5) is 0 Å². The number of pyridine rings is 2. The molecule has 0 aliphatic rings. The third-order valence-corrected chi connectivity index (χ3v) is 2.75. The summed E-state index contributed by atoms with van der Waals surface area (Å²) in [6.07, 6.45) is 1.73. The number of fused-ring (bicyclic) bond motifs is 1. The molecule has 0 saturated carbocycles. The largest absolute Gasteiger partial charge is 0.237 e. The molecule has 0 aliphatic heterocycles. The SMILES string of the molecule is N#Cc1cccc(-c2ccc3cccnc3n2)c1. The van der Waals surface area contributed by atoms with Gasteiger partial charge >= 0.3 is 0 Å². The number of nitriles is 1. The Kier molecular flexibility index (Phi) is 2.47. The zero-order valence-electron chi connectivity index (χ0n) is 9.54. The first-order valence-electron chi connectivity index (χ1n) is 5.59. The Morgan fingerprint density at radius 1 is 1.00 bits per heavy atom. The summed E-state index contributed by atoms with van der Waals surface area (Å²) >= 11 is 0. The highest BCUT2D eigenvalue weighted by Gasteiger charge is 2.02. The van der Waals surface area contributed by atoms with E-state index in [-0.39, 0.29) is 0 Å². The summed E-state index contributed by atoms with van der Waals surface area (Å²) in [4.78, 5) is 8.73. The fourth-order valence-corrected chi connectivity index (χ4v) is 1.86. The molecule has 84 valence electrons. The van der Waals surface area contributed by atoms with Crippen molar-refractivity contribution >= 4 is 11.0 Å². The number of hydrogen-bond acceptors (Lipinski definition) is 3. The van der Waals surface area contributed by atoms with Crippen molar-refractivity contribution in [1.29, 1.82) is 5.26 Å². The molecule has 2 heterocycles. The second-order valence-electron chi connectivity index (χ2n) is 3.94. The van der Waals surface area contributed by atoms with Crippen LogP contribution in [0.1, 0.15) is 5.56 Å². The van der Waals surface area contributed by atoms with Gasteiger partial charge in [-0.2, -0.15) is 5.26 Å².